The van der Waals surface area contributed by atoms with Crippen LogP contribution in [0.1, 0.15) is 12.8 Å². The molecule has 4 N–H and O–H groups in total. The van der Waals surface area contributed by atoms with Crippen LogP contribution >= 0.6 is 0 Å². The molecule has 1 aliphatic rings. The van der Waals surface area contributed by atoms with E-state index in [-0.39, 0.29) is 35.5 Å². The van der Waals surface area contributed by atoms with Gasteiger partial charge in [-0.25, -0.2) is 13.1 Å². The summed E-state index contributed by atoms with van der Waals surface area (Å²) in [5.41, 5.74) is 5.61. The molecule has 26 heavy (non-hydrogen) atoms. The summed E-state index contributed by atoms with van der Waals surface area (Å²) in [7, 11) is -3.91. The zero-order valence-corrected chi connectivity index (χ0v) is 14.9. The molecular weight excluding hydrogens is 364 g/mol. The van der Waals surface area contributed by atoms with Gasteiger partial charge in [-0.1, -0.05) is 6.07 Å². The Bertz CT molecular complexity index is 748. The molecule has 1 fully saturated rings. The number of nitro groups is 1. The molecule has 11 heteroatoms. The number of benzene rings is 1. The standard InChI is InChI=1S/C15H22N4O6S/c16-14(11-4-8-25-9-5-11)15(20)17-6-7-18-26(23,24)13-3-1-2-12(10-13)19(21)22/h1-3,10-11,14,18H,4-9,16H2,(H,17,20). The summed E-state index contributed by atoms with van der Waals surface area (Å²) in [5.74, 6) is -0.295. The minimum absolute atomic E-state index is 0.0466. The quantitative estimate of drug-likeness (QED) is 0.316. The smallest absolute Gasteiger partial charge is 0.270 e. The van der Waals surface area contributed by atoms with Gasteiger partial charge in [0, 0.05) is 38.4 Å². The lowest BCUT2D eigenvalue weighted by Gasteiger charge is -2.26. The molecule has 0 spiro atoms. The minimum atomic E-state index is -3.91. The number of carbonyl (C=O) groups excluding carboxylic acids is 1. The zero-order chi connectivity index (χ0) is 19.2. The van der Waals surface area contributed by atoms with Crippen molar-refractivity contribution in [2.24, 2.45) is 11.7 Å². The van der Waals surface area contributed by atoms with Gasteiger partial charge < -0.3 is 15.8 Å². The molecule has 0 aliphatic carbocycles. The molecule has 1 unspecified atom stereocenters. The number of ether oxygens (including phenoxy) is 1. The minimum Gasteiger partial charge on any atom is -0.381 e. The number of rotatable bonds is 8. The van der Waals surface area contributed by atoms with Gasteiger partial charge in [-0.3, -0.25) is 14.9 Å². The van der Waals surface area contributed by atoms with E-state index in [2.05, 4.69) is 10.0 Å². The Balaban J connectivity index is 1.82. The van der Waals surface area contributed by atoms with Crippen molar-refractivity contribution in [3.8, 4) is 0 Å². The maximum atomic E-state index is 12.1. The SMILES string of the molecule is NC(C(=O)NCCNS(=O)(=O)c1cccc([N+](=O)[O-])c1)C1CCOCC1. The van der Waals surface area contributed by atoms with E-state index in [0.717, 1.165) is 6.07 Å². The summed E-state index contributed by atoms with van der Waals surface area (Å²) in [5, 5.41) is 13.3. The van der Waals surface area contributed by atoms with Crippen LogP contribution < -0.4 is 15.8 Å². The van der Waals surface area contributed by atoms with Crippen LogP contribution in [-0.4, -0.2) is 51.6 Å². The number of non-ortho nitro benzene ring substituents is 1. The van der Waals surface area contributed by atoms with Gasteiger partial charge in [-0.15, -0.1) is 0 Å². The van der Waals surface area contributed by atoms with Crippen molar-refractivity contribution in [2.75, 3.05) is 26.3 Å². The average Bonchev–Trinajstić information content (AvgIpc) is 2.65. The van der Waals surface area contributed by atoms with E-state index in [0.29, 0.717) is 26.1 Å². The second-order valence-corrected chi connectivity index (χ2v) is 7.69. The summed E-state index contributed by atoms with van der Waals surface area (Å²) in [4.78, 5) is 21.9. The molecule has 1 saturated heterocycles. The third-order valence-electron chi connectivity index (χ3n) is 4.13. The largest absolute Gasteiger partial charge is 0.381 e. The average molecular weight is 386 g/mol. The number of hydrogen-bond acceptors (Lipinski definition) is 7. The lowest BCUT2D eigenvalue weighted by Crippen LogP contribution is -2.48. The Morgan fingerprint density at radius 2 is 2.04 bits per heavy atom. The first kappa shape index (κ1) is 20.2. The highest BCUT2D eigenvalue weighted by atomic mass is 32.2. The number of hydrogen-bond donors (Lipinski definition) is 3. The highest BCUT2D eigenvalue weighted by Gasteiger charge is 2.26. The van der Waals surface area contributed by atoms with Crippen molar-refractivity contribution in [1.29, 1.82) is 0 Å². The Hall–Kier alpha value is -2.08. The van der Waals surface area contributed by atoms with E-state index in [1.54, 1.807) is 0 Å². The molecule has 1 amide bonds. The first-order valence-corrected chi connectivity index (χ1v) is 9.65. The second-order valence-electron chi connectivity index (χ2n) is 5.92. The van der Waals surface area contributed by atoms with Crippen LogP contribution in [0.4, 0.5) is 5.69 Å². The fourth-order valence-corrected chi connectivity index (χ4v) is 3.70. The lowest BCUT2D eigenvalue weighted by molar-refractivity contribution is -0.385. The highest BCUT2D eigenvalue weighted by molar-refractivity contribution is 7.89. The third-order valence-corrected chi connectivity index (χ3v) is 5.59. The van der Waals surface area contributed by atoms with E-state index in [9.17, 15) is 23.3 Å². The van der Waals surface area contributed by atoms with E-state index < -0.39 is 21.0 Å². The Morgan fingerprint density at radius 3 is 2.69 bits per heavy atom. The second kappa shape index (κ2) is 9.03. The van der Waals surface area contributed by atoms with Crippen LogP contribution in [0.2, 0.25) is 0 Å². The zero-order valence-electron chi connectivity index (χ0n) is 14.1. The third kappa shape index (κ3) is 5.46. The molecule has 144 valence electrons. The van der Waals surface area contributed by atoms with Gasteiger partial charge in [-0.05, 0) is 24.8 Å². The van der Waals surface area contributed by atoms with Gasteiger partial charge in [0.15, 0.2) is 0 Å². The Morgan fingerprint density at radius 1 is 1.35 bits per heavy atom. The van der Waals surface area contributed by atoms with E-state index in [1.165, 1.54) is 18.2 Å². The van der Waals surface area contributed by atoms with Crippen molar-refractivity contribution in [3.63, 3.8) is 0 Å². The Labute approximate surface area is 151 Å². The molecule has 0 radical (unpaired) electrons. The van der Waals surface area contributed by atoms with E-state index >= 15 is 0 Å². The van der Waals surface area contributed by atoms with Crippen molar-refractivity contribution < 1.29 is 22.9 Å². The van der Waals surface area contributed by atoms with Crippen LogP contribution in [0.15, 0.2) is 29.2 Å². The topological polar surface area (TPSA) is 154 Å². The van der Waals surface area contributed by atoms with Crippen molar-refractivity contribution >= 4 is 21.6 Å². The molecule has 10 nitrogen and oxygen atoms in total. The number of nitrogens with one attached hydrogen (secondary N) is 2. The number of nitrogens with zero attached hydrogens (tertiary/aromatic N) is 1. The van der Waals surface area contributed by atoms with Crippen LogP contribution in [-0.2, 0) is 19.6 Å². The monoisotopic (exact) mass is 386 g/mol. The molecule has 1 heterocycles. The molecule has 1 atom stereocenters. The van der Waals surface area contributed by atoms with Crippen LogP contribution in [0.3, 0.4) is 0 Å². The van der Waals surface area contributed by atoms with E-state index in [4.69, 9.17) is 10.5 Å². The van der Waals surface area contributed by atoms with Crippen LogP contribution in [0.25, 0.3) is 0 Å². The summed E-state index contributed by atoms with van der Waals surface area (Å²) in [6, 6.07) is 4.07. The summed E-state index contributed by atoms with van der Waals surface area (Å²) >= 11 is 0. The van der Waals surface area contributed by atoms with Crippen LogP contribution in [0, 0.1) is 16.0 Å². The molecule has 0 saturated carbocycles. The number of nitrogens with two attached hydrogens (primary N) is 1. The number of nitro benzene ring substituents is 1. The molecule has 1 aliphatic heterocycles. The number of sulfonamides is 1. The van der Waals surface area contributed by atoms with Gasteiger partial charge in [0.25, 0.3) is 5.69 Å². The molecule has 1 aromatic carbocycles. The number of carbonyl (C=O) groups is 1. The van der Waals surface area contributed by atoms with Crippen molar-refractivity contribution in [3.05, 3.63) is 34.4 Å². The molecule has 1 aromatic rings. The van der Waals surface area contributed by atoms with Crippen molar-refractivity contribution in [1.82, 2.24) is 10.0 Å². The summed E-state index contributed by atoms with van der Waals surface area (Å²) < 4.78 is 31.8. The fraction of sp³-hybridized carbons (Fsp3) is 0.533. The number of amides is 1. The van der Waals surface area contributed by atoms with Crippen LogP contribution in [0.5, 0.6) is 0 Å². The summed E-state index contributed by atoms with van der Waals surface area (Å²) in [6.45, 7) is 1.16. The van der Waals surface area contributed by atoms with Crippen molar-refractivity contribution in [2.45, 2.75) is 23.8 Å². The van der Waals surface area contributed by atoms with Gasteiger partial charge in [-0.2, -0.15) is 0 Å². The predicted octanol–water partition coefficient (Wildman–Crippen LogP) is -0.257. The molecule has 2 rings (SSSR count). The van der Waals surface area contributed by atoms with Gasteiger partial charge in [0.1, 0.15) is 0 Å². The Kier molecular flexibility index (Phi) is 7.03. The first-order valence-electron chi connectivity index (χ1n) is 8.16. The van der Waals surface area contributed by atoms with Gasteiger partial charge >= 0.3 is 0 Å². The highest BCUT2D eigenvalue weighted by Crippen LogP contribution is 2.18. The normalized spacial score (nSPS) is 16.8. The maximum absolute atomic E-state index is 12.1. The van der Waals surface area contributed by atoms with Gasteiger partial charge in [0.05, 0.1) is 15.9 Å². The lowest BCUT2D eigenvalue weighted by atomic mass is 9.92. The van der Waals surface area contributed by atoms with Gasteiger partial charge in [0.2, 0.25) is 15.9 Å². The van der Waals surface area contributed by atoms with E-state index in [1.807, 2.05) is 0 Å². The first-order chi connectivity index (χ1) is 12.3. The predicted molar refractivity (Wildman–Crippen MR) is 92.8 cm³/mol. The molecular formula is C15H22N4O6S. The fourth-order valence-electron chi connectivity index (χ4n) is 2.63. The summed E-state index contributed by atoms with van der Waals surface area (Å²) in [6.07, 6.45) is 1.43. The molecule has 0 bridgehead atoms. The maximum Gasteiger partial charge on any atom is 0.270 e. The molecule has 0 aromatic heterocycles.